The van der Waals surface area contributed by atoms with Crippen molar-refractivity contribution in [1.29, 1.82) is 0 Å². The molecule has 0 aromatic heterocycles. The van der Waals surface area contributed by atoms with Gasteiger partial charge in [0.25, 0.3) is 5.91 Å². The summed E-state index contributed by atoms with van der Waals surface area (Å²) in [5.74, 6) is 0.766. The molecule has 1 amide bonds. The smallest absolute Gasteiger partial charge is 0.265 e. The molecule has 3 aromatic rings. The van der Waals surface area contributed by atoms with Crippen LogP contribution >= 0.6 is 0 Å². The number of fused-ring (bicyclic) bond motifs is 1. The standard InChI is InChI=1S/C29H31N3O3/c1-20(33)24-8-10-26(11-9-24)32-14-12-31(13-15-32)19-23-17-25(16-22-6-4-3-5-7-22)28-27(18-23)30-29(34)21(2)35-28/h3-11,17-18,21H,12-16,19H2,1-2H3,(H,30,34). The summed E-state index contributed by atoms with van der Waals surface area (Å²) in [6.07, 6.45) is 0.254. The number of ether oxygens (including phenoxy) is 1. The third-order valence-corrected chi connectivity index (χ3v) is 6.80. The van der Waals surface area contributed by atoms with Crippen molar-refractivity contribution in [2.45, 2.75) is 32.9 Å². The Balaban J connectivity index is 1.30. The highest BCUT2D eigenvalue weighted by atomic mass is 16.5. The van der Waals surface area contributed by atoms with E-state index in [0.29, 0.717) is 0 Å². The SMILES string of the molecule is CC(=O)c1ccc(N2CCN(Cc3cc(Cc4ccccc4)c4c(c3)NC(=O)C(C)O4)CC2)cc1. The number of hydrogen-bond donors (Lipinski definition) is 1. The molecule has 1 unspecified atom stereocenters. The van der Waals surface area contributed by atoms with Crippen LogP contribution in [0.15, 0.2) is 66.7 Å². The van der Waals surface area contributed by atoms with Crippen LogP contribution in [0.1, 0.15) is 40.9 Å². The van der Waals surface area contributed by atoms with Crippen molar-refractivity contribution < 1.29 is 14.3 Å². The van der Waals surface area contributed by atoms with Gasteiger partial charge in [-0.05, 0) is 55.3 Å². The number of anilines is 2. The topological polar surface area (TPSA) is 61.9 Å². The molecule has 2 aliphatic heterocycles. The summed E-state index contributed by atoms with van der Waals surface area (Å²) in [5.41, 5.74) is 6.15. The third kappa shape index (κ3) is 5.23. The Morgan fingerprint density at radius 3 is 2.37 bits per heavy atom. The zero-order valence-corrected chi connectivity index (χ0v) is 20.3. The predicted molar refractivity (Wildman–Crippen MR) is 138 cm³/mol. The van der Waals surface area contributed by atoms with E-state index in [9.17, 15) is 9.59 Å². The van der Waals surface area contributed by atoms with Gasteiger partial charge in [-0.1, -0.05) is 36.4 Å². The molecule has 3 aromatic carbocycles. The zero-order valence-electron chi connectivity index (χ0n) is 20.3. The van der Waals surface area contributed by atoms with Crippen LogP contribution in [-0.4, -0.2) is 48.9 Å². The molecule has 1 fully saturated rings. The largest absolute Gasteiger partial charge is 0.478 e. The van der Waals surface area contributed by atoms with E-state index in [4.69, 9.17) is 4.74 Å². The van der Waals surface area contributed by atoms with E-state index in [1.165, 1.54) is 11.1 Å². The first kappa shape index (κ1) is 23.1. The summed E-state index contributed by atoms with van der Waals surface area (Å²) < 4.78 is 6.03. The fourth-order valence-corrected chi connectivity index (χ4v) is 4.82. The summed E-state index contributed by atoms with van der Waals surface area (Å²) >= 11 is 0. The Kier molecular flexibility index (Phi) is 6.55. The summed E-state index contributed by atoms with van der Waals surface area (Å²) in [5, 5.41) is 3.04. The van der Waals surface area contributed by atoms with Crippen LogP contribution < -0.4 is 15.0 Å². The van der Waals surface area contributed by atoms with Gasteiger partial charge in [0.2, 0.25) is 0 Å². The number of nitrogens with one attached hydrogen (secondary N) is 1. The molecule has 2 heterocycles. The lowest BCUT2D eigenvalue weighted by Gasteiger charge is -2.36. The molecule has 0 saturated carbocycles. The Labute approximate surface area is 206 Å². The third-order valence-electron chi connectivity index (χ3n) is 6.80. The van der Waals surface area contributed by atoms with E-state index in [1.54, 1.807) is 13.8 Å². The molecule has 1 saturated heterocycles. The van der Waals surface area contributed by atoms with Crippen molar-refractivity contribution in [2.75, 3.05) is 36.4 Å². The van der Waals surface area contributed by atoms with Crippen molar-refractivity contribution in [2.24, 2.45) is 0 Å². The van der Waals surface area contributed by atoms with Crippen LogP contribution in [0.3, 0.4) is 0 Å². The number of piperazine rings is 1. The van der Waals surface area contributed by atoms with E-state index in [1.807, 2.05) is 42.5 Å². The maximum atomic E-state index is 12.3. The molecule has 1 N–H and O–H groups in total. The number of ketones is 1. The molecule has 6 heteroatoms. The fraction of sp³-hybridized carbons (Fsp3) is 0.310. The molecule has 2 aliphatic rings. The molecular weight excluding hydrogens is 438 g/mol. The summed E-state index contributed by atoms with van der Waals surface area (Å²) in [6.45, 7) is 7.94. The Bertz CT molecular complexity index is 1220. The van der Waals surface area contributed by atoms with Crippen molar-refractivity contribution >= 4 is 23.1 Å². The second-order valence-electron chi connectivity index (χ2n) is 9.41. The lowest BCUT2D eigenvalue weighted by molar-refractivity contribution is -0.122. The summed E-state index contributed by atoms with van der Waals surface area (Å²) in [7, 11) is 0. The monoisotopic (exact) mass is 469 g/mol. The van der Waals surface area contributed by atoms with E-state index in [-0.39, 0.29) is 11.7 Å². The van der Waals surface area contributed by atoms with Gasteiger partial charge in [0.15, 0.2) is 11.9 Å². The van der Waals surface area contributed by atoms with E-state index < -0.39 is 6.10 Å². The maximum Gasteiger partial charge on any atom is 0.265 e. The molecule has 1 atom stereocenters. The number of rotatable bonds is 6. The number of benzene rings is 3. The van der Waals surface area contributed by atoms with Crippen molar-refractivity contribution in [3.8, 4) is 5.75 Å². The average Bonchev–Trinajstić information content (AvgIpc) is 2.86. The van der Waals surface area contributed by atoms with Crippen LogP contribution in [0.25, 0.3) is 0 Å². The van der Waals surface area contributed by atoms with Crippen LogP contribution in [0, 0.1) is 0 Å². The van der Waals surface area contributed by atoms with Gasteiger partial charge in [-0.3, -0.25) is 14.5 Å². The fourth-order valence-electron chi connectivity index (χ4n) is 4.82. The van der Waals surface area contributed by atoms with E-state index >= 15 is 0 Å². The first-order valence-electron chi connectivity index (χ1n) is 12.2. The predicted octanol–water partition coefficient (Wildman–Crippen LogP) is 4.52. The Morgan fingerprint density at radius 1 is 0.971 bits per heavy atom. The maximum absolute atomic E-state index is 12.3. The van der Waals surface area contributed by atoms with Gasteiger partial charge in [0.05, 0.1) is 5.69 Å². The molecule has 6 nitrogen and oxygen atoms in total. The van der Waals surface area contributed by atoms with Gasteiger partial charge >= 0.3 is 0 Å². The minimum absolute atomic E-state index is 0.0918. The van der Waals surface area contributed by atoms with E-state index in [0.717, 1.165) is 67.4 Å². The number of amides is 1. The molecule has 0 spiro atoms. The highest BCUT2D eigenvalue weighted by Crippen LogP contribution is 2.36. The Morgan fingerprint density at radius 2 is 1.69 bits per heavy atom. The molecule has 5 rings (SSSR count). The van der Waals surface area contributed by atoms with Gasteiger partial charge in [-0.2, -0.15) is 0 Å². The number of nitrogens with zero attached hydrogens (tertiary/aromatic N) is 2. The van der Waals surface area contributed by atoms with Gasteiger partial charge in [-0.25, -0.2) is 0 Å². The van der Waals surface area contributed by atoms with Crippen LogP contribution in [0.2, 0.25) is 0 Å². The first-order valence-corrected chi connectivity index (χ1v) is 12.2. The second kappa shape index (κ2) is 9.92. The number of Topliss-reactive ketones (excluding diaryl/α,β-unsaturated/α-hetero) is 1. The highest BCUT2D eigenvalue weighted by molar-refractivity contribution is 5.98. The first-order chi connectivity index (χ1) is 17.0. The number of carbonyl (C=O) groups excluding carboxylic acids is 2. The molecule has 0 bridgehead atoms. The molecule has 180 valence electrons. The minimum atomic E-state index is -0.500. The van der Waals surface area contributed by atoms with Gasteiger partial charge in [0, 0.05) is 56.0 Å². The molecule has 0 radical (unpaired) electrons. The lowest BCUT2D eigenvalue weighted by atomic mass is 9.99. The second-order valence-corrected chi connectivity index (χ2v) is 9.41. The summed E-state index contributed by atoms with van der Waals surface area (Å²) in [4.78, 5) is 28.6. The van der Waals surface area contributed by atoms with Gasteiger partial charge < -0.3 is 15.0 Å². The highest BCUT2D eigenvalue weighted by Gasteiger charge is 2.27. The van der Waals surface area contributed by atoms with E-state index in [2.05, 4.69) is 39.4 Å². The van der Waals surface area contributed by atoms with Gasteiger partial charge in [0.1, 0.15) is 5.75 Å². The molecular formula is C29H31N3O3. The van der Waals surface area contributed by atoms with Crippen LogP contribution in [-0.2, 0) is 17.8 Å². The number of hydrogen-bond acceptors (Lipinski definition) is 5. The van der Waals surface area contributed by atoms with Crippen LogP contribution in [0.4, 0.5) is 11.4 Å². The quantitative estimate of drug-likeness (QED) is 0.538. The number of carbonyl (C=O) groups is 2. The van der Waals surface area contributed by atoms with Crippen molar-refractivity contribution in [3.05, 3.63) is 89.0 Å². The molecule has 0 aliphatic carbocycles. The van der Waals surface area contributed by atoms with Gasteiger partial charge in [-0.15, -0.1) is 0 Å². The summed E-state index contributed by atoms with van der Waals surface area (Å²) in [6, 6.07) is 22.5. The zero-order chi connectivity index (χ0) is 24.4. The van der Waals surface area contributed by atoms with Crippen LogP contribution in [0.5, 0.6) is 5.75 Å². The van der Waals surface area contributed by atoms with Crippen molar-refractivity contribution in [1.82, 2.24) is 4.90 Å². The Hall–Kier alpha value is -3.64. The minimum Gasteiger partial charge on any atom is -0.478 e. The molecule has 35 heavy (non-hydrogen) atoms. The normalized spacial score (nSPS) is 17.9. The lowest BCUT2D eigenvalue weighted by Crippen LogP contribution is -2.46. The average molecular weight is 470 g/mol. The van der Waals surface area contributed by atoms with Crippen molar-refractivity contribution in [3.63, 3.8) is 0 Å².